The molecule has 2 rings (SSSR count). The van der Waals surface area contributed by atoms with E-state index in [1.165, 1.54) is 29.8 Å². The fourth-order valence-electron chi connectivity index (χ4n) is 2.04. The van der Waals surface area contributed by atoms with Crippen molar-refractivity contribution in [1.82, 2.24) is 5.32 Å². The standard InChI is InChI=1S/C11H17NOS/c13-6-3-9-4-7-14-11(9)8-10-2-1-5-12-10/h4,7,10,12-13H,1-3,5-6,8H2. The average molecular weight is 211 g/mol. The van der Waals surface area contributed by atoms with Gasteiger partial charge < -0.3 is 10.4 Å². The molecule has 1 unspecified atom stereocenters. The van der Waals surface area contributed by atoms with Gasteiger partial charge in [-0.2, -0.15) is 0 Å². The van der Waals surface area contributed by atoms with E-state index in [2.05, 4.69) is 16.8 Å². The highest BCUT2D eigenvalue weighted by Gasteiger charge is 2.16. The van der Waals surface area contributed by atoms with Crippen molar-refractivity contribution in [3.05, 3.63) is 21.9 Å². The highest BCUT2D eigenvalue weighted by molar-refractivity contribution is 7.10. The Kier molecular flexibility index (Phi) is 3.56. The SMILES string of the molecule is OCCc1ccsc1CC1CCCN1. The number of thiophene rings is 1. The van der Waals surface area contributed by atoms with E-state index < -0.39 is 0 Å². The minimum atomic E-state index is 0.266. The molecule has 0 amide bonds. The molecule has 0 saturated carbocycles. The van der Waals surface area contributed by atoms with Crippen LogP contribution in [0.15, 0.2) is 11.4 Å². The first-order chi connectivity index (χ1) is 6.90. The predicted molar refractivity (Wildman–Crippen MR) is 59.8 cm³/mol. The maximum Gasteiger partial charge on any atom is 0.0471 e. The third-order valence-electron chi connectivity index (χ3n) is 2.81. The predicted octanol–water partition coefficient (Wildman–Crippen LogP) is 1.58. The second-order valence-corrected chi connectivity index (χ2v) is 4.84. The van der Waals surface area contributed by atoms with Crippen molar-refractivity contribution >= 4 is 11.3 Å². The fourth-order valence-corrected chi connectivity index (χ4v) is 3.06. The van der Waals surface area contributed by atoms with E-state index in [0.29, 0.717) is 6.04 Å². The minimum Gasteiger partial charge on any atom is -0.396 e. The van der Waals surface area contributed by atoms with Gasteiger partial charge in [0.1, 0.15) is 0 Å². The number of aliphatic hydroxyl groups is 1. The molecule has 1 aliphatic rings. The molecule has 2 nitrogen and oxygen atoms in total. The Bertz CT molecular complexity index is 279. The first-order valence-electron chi connectivity index (χ1n) is 5.29. The van der Waals surface area contributed by atoms with Crippen molar-refractivity contribution in [2.24, 2.45) is 0 Å². The Hall–Kier alpha value is -0.380. The lowest BCUT2D eigenvalue weighted by atomic mass is 10.1. The second-order valence-electron chi connectivity index (χ2n) is 3.84. The van der Waals surface area contributed by atoms with Gasteiger partial charge in [0.2, 0.25) is 0 Å². The van der Waals surface area contributed by atoms with Crippen LogP contribution in [0.3, 0.4) is 0 Å². The summed E-state index contributed by atoms with van der Waals surface area (Å²) in [5.41, 5.74) is 1.34. The molecular formula is C11H17NOS. The summed E-state index contributed by atoms with van der Waals surface area (Å²) in [5, 5.41) is 14.6. The molecule has 3 heteroatoms. The molecular weight excluding hydrogens is 194 g/mol. The molecule has 0 spiro atoms. The van der Waals surface area contributed by atoms with Crippen LogP contribution in [0.5, 0.6) is 0 Å². The van der Waals surface area contributed by atoms with E-state index in [1.54, 1.807) is 0 Å². The van der Waals surface area contributed by atoms with Crippen molar-refractivity contribution in [3.63, 3.8) is 0 Å². The lowest BCUT2D eigenvalue weighted by Gasteiger charge is -2.09. The van der Waals surface area contributed by atoms with E-state index in [-0.39, 0.29) is 6.61 Å². The van der Waals surface area contributed by atoms with Gasteiger partial charge in [-0.15, -0.1) is 11.3 Å². The summed E-state index contributed by atoms with van der Waals surface area (Å²) >= 11 is 1.83. The Morgan fingerprint density at radius 3 is 3.21 bits per heavy atom. The van der Waals surface area contributed by atoms with Crippen LogP contribution in [0.1, 0.15) is 23.3 Å². The zero-order valence-electron chi connectivity index (χ0n) is 8.33. The molecule has 2 heterocycles. The van der Waals surface area contributed by atoms with Gasteiger partial charge in [-0.1, -0.05) is 0 Å². The van der Waals surface area contributed by atoms with Gasteiger partial charge in [-0.25, -0.2) is 0 Å². The van der Waals surface area contributed by atoms with Gasteiger partial charge in [0.25, 0.3) is 0 Å². The monoisotopic (exact) mass is 211 g/mol. The summed E-state index contributed by atoms with van der Waals surface area (Å²) in [4.78, 5) is 1.46. The fraction of sp³-hybridized carbons (Fsp3) is 0.636. The zero-order valence-corrected chi connectivity index (χ0v) is 9.15. The molecule has 14 heavy (non-hydrogen) atoms. The number of rotatable bonds is 4. The molecule has 1 aromatic heterocycles. The van der Waals surface area contributed by atoms with Crippen molar-refractivity contribution in [1.29, 1.82) is 0 Å². The summed E-state index contributed by atoms with van der Waals surface area (Å²) in [5.74, 6) is 0. The molecule has 0 radical (unpaired) electrons. The molecule has 1 aliphatic heterocycles. The van der Waals surface area contributed by atoms with Crippen LogP contribution in [0, 0.1) is 0 Å². The lowest BCUT2D eigenvalue weighted by Crippen LogP contribution is -2.23. The van der Waals surface area contributed by atoms with Crippen molar-refractivity contribution in [2.75, 3.05) is 13.2 Å². The molecule has 2 N–H and O–H groups in total. The van der Waals surface area contributed by atoms with Crippen LogP contribution in [0.4, 0.5) is 0 Å². The highest BCUT2D eigenvalue weighted by atomic mass is 32.1. The first kappa shape index (κ1) is 10.1. The van der Waals surface area contributed by atoms with Gasteiger partial charge in [-0.05, 0) is 49.2 Å². The van der Waals surface area contributed by atoms with Gasteiger partial charge in [-0.3, -0.25) is 0 Å². The molecule has 1 atom stereocenters. The van der Waals surface area contributed by atoms with Crippen LogP contribution in [-0.4, -0.2) is 24.3 Å². The van der Waals surface area contributed by atoms with E-state index >= 15 is 0 Å². The third-order valence-corrected chi connectivity index (χ3v) is 3.80. The Morgan fingerprint density at radius 2 is 2.50 bits per heavy atom. The molecule has 1 aromatic rings. The molecule has 78 valence electrons. The third kappa shape index (κ3) is 2.35. The summed E-state index contributed by atoms with van der Waals surface area (Å²) in [7, 11) is 0. The maximum atomic E-state index is 8.91. The van der Waals surface area contributed by atoms with E-state index in [0.717, 1.165) is 12.8 Å². The lowest BCUT2D eigenvalue weighted by molar-refractivity contribution is 0.299. The molecule has 1 saturated heterocycles. The Morgan fingerprint density at radius 1 is 1.57 bits per heavy atom. The topological polar surface area (TPSA) is 32.3 Å². The van der Waals surface area contributed by atoms with E-state index in [4.69, 9.17) is 5.11 Å². The van der Waals surface area contributed by atoms with Crippen LogP contribution in [0.25, 0.3) is 0 Å². The Labute approximate surface area is 89.0 Å². The molecule has 0 aromatic carbocycles. The largest absolute Gasteiger partial charge is 0.396 e. The molecule has 0 bridgehead atoms. The van der Waals surface area contributed by atoms with Gasteiger partial charge in [0, 0.05) is 17.5 Å². The summed E-state index contributed by atoms with van der Waals surface area (Å²) < 4.78 is 0. The van der Waals surface area contributed by atoms with Crippen LogP contribution in [0.2, 0.25) is 0 Å². The van der Waals surface area contributed by atoms with Crippen LogP contribution >= 0.6 is 11.3 Å². The minimum absolute atomic E-state index is 0.266. The second kappa shape index (κ2) is 4.91. The maximum absolute atomic E-state index is 8.91. The van der Waals surface area contributed by atoms with Crippen molar-refractivity contribution < 1.29 is 5.11 Å². The van der Waals surface area contributed by atoms with Gasteiger partial charge in [0.05, 0.1) is 0 Å². The van der Waals surface area contributed by atoms with Crippen LogP contribution in [-0.2, 0) is 12.8 Å². The molecule has 0 aliphatic carbocycles. The number of hydrogen-bond donors (Lipinski definition) is 2. The smallest absolute Gasteiger partial charge is 0.0471 e. The summed E-state index contributed by atoms with van der Waals surface area (Å²) in [6, 6.07) is 2.82. The first-order valence-corrected chi connectivity index (χ1v) is 6.17. The quantitative estimate of drug-likeness (QED) is 0.792. The highest BCUT2D eigenvalue weighted by Crippen LogP contribution is 2.21. The van der Waals surface area contributed by atoms with Crippen molar-refractivity contribution in [3.8, 4) is 0 Å². The van der Waals surface area contributed by atoms with E-state index in [9.17, 15) is 0 Å². The molecule has 1 fully saturated rings. The number of hydrogen-bond acceptors (Lipinski definition) is 3. The van der Waals surface area contributed by atoms with Crippen LogP contribution < -0.4 is 5.32 Å². The average Bonchev–Trinajstić information content (AvgIpc) is 2.80. The van der Waals surface area contributed by atoms with E-state index in [1.807, 2.05) is 11.3 Å². The normalized spacial score (nSPS) is 21.6. The summed E-state index contributed by atoms with van der Waals surface area (Å²) in [6.07, 6.45) is 4.57. The number of nitrogens with one attached hydrogen (secondary N) is 1. The number of aliphatic hydroxyl groups excluding tert-OH is 1. The summed E-state index contributed by atoms with van der Waals surface area (Å²) in [6.45, 7) is 1.44. The van der Waals surface area contributed by atoms with Gasteiger partial charge in [0.15, 0.2) is 0 Å². The van der Waals surface area contributed by atoms with Crippen molar-refractivity contribution in [2.45, 2.75) is 31.7 Å². The zero-order chi connectivity index (χ0) is 9.80. The van der Waals surface area contributed by atoms with Gasteiger partial charge >= 0.3 is 0 Å². The Balaban J connectivity index is 1.96.